The summed E-state index contributed by atoms with van der Waals surface area (Å²) in [7, 11) is 0. The zero-order chi connectivity index (χ0) is 29.8. The van der Waals surface area contributed by atoms with E-state index in [0.29, 0.717) is 0 Å². The molecule has 0 spiro atoms. The first-order chi connectivity index (χ1) is 18.4. The Labute approximate surface area is 232 Å². The maximum Gasteiger partial charge on any atom is 0.111 e. The molecule has 0 amide bonds. The van der Waals surface area contributed by atoms with Gasteiger partial charge in [-0.2, -0.15) is 0 Å². The molecule has 0 aliphatic carbocycles. The van der Waals surface area contributed by atoms with E-state index < -0.39 is 49.3 Å². The highest BCUT2D eigenvalue weighted by molar-refractivity contribution is 4.89. The van der Waals surface area contributed by atoms with Crippen LogP contribution in [0.3, 0.4) is 0 Å². The lowest BCUT2D eigenvalue weighted by molar-refractivity contribution is -0.175. The molecule has 7 unspecified atom stereocenters. The second kappa shape index (κ2) is 22.4. The largest absolute Gasteiger partial charge is 0.394 e. The van der Waals surface area contributed by atoms with Gasteiger partial charge < -0.3 is 59.1 Å². The lowest BCUT2D eigenvalue weighted by Gasteiger charge is -2.32. The zero-order valence-electron chi connectivity index (χ0n) is 23.6. The van der Waals surface area contributed by atoms with Gasteiger partial charge in [0.25, 0.3) is 0 Å². The molecule has 0 heterocycles. The summed E-state index contributed by atoms with van der Waals surface area (Å²) in [6.07, 6.45) is -8.77. The van der Waals surface area contributed by atoms with Crippen LogP contribution in [0.4, 0.5) is 0 Å². The Bertz CT molecular complexity index is 673. The van der Waals surface area contributed by atoms with Crippen molar-refractivity contribution in [3.63, 3.8) is 0 Å². The van der Waals surface area contributed by atoms with E-state index in [1.807, 2.05) is 0 Å². The minimum Gasteiger partial charge on any atom is -0.394 e. The van der Waals surface area contributed by atoms with E-state index in [1.165, 1.54) is 0 Å². The summed E-state index contributed by atoms with van der Waals surface area (Å²) in [4.78, 5) is 0. The minimum absolute atomic E-state index is 0.00116. The van der Waals surface area contributed by atoms with E-state index in [9.17, 15) is 30.6 Å². The van der Waals surface area contributed by atoms with Crippen LogP contribution in [0.2, 0.25) is 0 Å². The molecule has 230 valence electrons. The number of hydrogen-bond acceptors (Lipinski definition) is 12. The van der Waals surface area contributed by atoms with E-state index in [2.05, 4.69) is 19.7 Å². The van der Waals surface area contributed by atoms with Crippen molar-refractivity contribution in [1.82, 2.24) is 0 Å². The van der Waals surface area contributed by atoms with E-state index in [-0.39, 0.29) is 66.1 Å². The van der Waals surface area contributed by atoms with Crippen molar-refractivity contribution in [2.24, 2.45) is 0 Å². The molecule has 0 aromatic heterocycles. The molecule has 0 aromatic carbocycles. The molecule has 0 aliphatic rings. The first-order valence-electron chi connectivity index (χ1n) is 12.9. The van der Waals surface area contributed by atoms with Gasteiger partial charge >= 0.3 is 0 Å². The van der Waals surface area contributed by atoms with E-state index in [1.54, 1.807) is 20.8 Å². The lowest BCUT2D eigenvalue weighted by Crippen LogP contribution is -2.50. The second-order valence-corrected chi connectivity index (χ2v) is 9.82. The van der Waals surface area contributed by atoms with Gasteiger partial charge in [-0.15, -0.1) is 0 Å². The maximum absolute atomic E-state index is 10.8. The summed E-state index contributed by atoms with van der Waals surface area (Å²) in [6.45, 7) is 15.5. The van der Waals surface area contributed by atoms with Crippen molar-refractivity contribution in [3.8, 4) is 0 Å². The van der Waals surface area contributed by atoms with Crippen LogP contribution in [0.25, 0.3) is 0 Å². The monoisotopic (exact) mass is 566 g/mol. The fourth-order valence-corrected chi connectivity index (χ4v) is 2.99. The van der Waals surface area contributed by atoms with Crippen molar-refractivity contribution in [2.45, 2.75) is 63.5 Å². The van der Waals surface area contributed by atoms with Crippen LogP contribution in [0.15, 0.2) is 36.5 Å². The average Bonchev–Trinajstić information content (AvgIpc) is 2.85. The topological polar surface area (TPSA) is 177 Å². The van der Waals surface area contributed by atoms with Crippen molar-refractivity contribution < 1.29 is 59.1 Å². The number of aliphatic hydroxyl groups is 6. The number of ether oxygens (including phenoxy) is 6. The molecule has 0 saturated carbocycles. The molecule has 0 aromatic rings. The van der Waals surface area contributed by atoms with Gasteiger partial charge in [0.15, 0.2) is 0 Å². The van der Waals surface area contributed by atoms with Crippen molar-refractivity contribution in [1.29, 1.82) is 0 Å². The van der Waals surface area contributed by atoms with Crippen LogP contribution >= 0.6 is 0 Å². The molecule has 12 heteroatoms. The quantitative estimate of drug-likeness (QED) is 0.0731. The van der Waals surface area contributed by atoms with Crippen LogP contribution in [0.5, 0.6) is 0 Å². The molecule has 0 aliphatic heterocycles. The molecular weight excluding hydrogens is 516 g/mol. The molecule has 0 bridgehead atoms. The molecule has 12 nitrogen and oxygen atoms in total. The van der Waals surface area contributed by atoms with Gasteiger partial charge in [0.05, 0.1) is 72.7 Å². The SMILES string of the molecule is C=C(C)COCC(O)COCC(OCC(O)COCC(=C)C)C(O)C(O)C(CO)OCC(O)COCC(=C)C. The second-order valence-electron chi connectivity index (χ2n) is 9.82. The molecule has 6 N–H and O–H groups in total. The van der Waals surface area contributed by atoms with Gasteiger partial charge in [-0.05, 0) is 20.8 Å². The molecule has 39 heavy (non-hydrogen) atoms. The predicted molar refractivity (Wildman–Crippen MR) is 144 cm³/mol. The molecule has 0 rings (SSSR count). The molecule has 0 fully saturated rings. The highest BCUT2D eigenvalue weighted by Crippen LogP contribution is 2.13. The third-order valence-electron chi connectivity index (χ3n) is 4.87. The summed E-state index contributed by atoms with van der Waals surface area (Å²) in [5.41, 5.74) is 2.36. The smallest absolute Gasteiger partial charge is 0.111 e. The van der Waals surface area contributed by atoms with Gasteiger partial charge in [0, 0.05) is 0 Å². The first kappa shape index (κ1) is 37.7. The Balaban J connectivity index is 5.01. The van der Waals surface area contributed by atoms with Crippen molar-refractivity contribution >= 4 is 0 Å². The fraction of sp³-hybridized carbons (Fsp3) is 0.778. The minimum atomic E-state index is -1.65. The van der Waals surface area contributed by atoms with Gasteiger partial charge in [-0.25, -0.2) is 0 Å². The van der Waals surface area contributed by atoms with Gasteiger partial charge in [-0.3, -0.25) is 0 Å². The lowest BCUT2D eigenvalue weighted by atomic mass is 10.0. The van der Waals surface area contributed by atoms with E-state index in [0.717, 1.165) is 16.7 Å². The van der Waals surface area contributed by atoms with Crippen molar-refractivity contribution in [2.75, 3.05) is 72.7 Å². The average molecular weight is 567 g/mol. The standard InChI is InChI=1S/C27H50O12/c1-18(2)8-34-11-21(29)12-37-17-25(39-16-23(31)14-36-10-20(5)6)27(33)26(32)24(7-28)38-15-22(30)13-35-9-19(3)4/h21-33H,1,3,5,7-17H2,2,4,6H3. The van der Waals surface area contributed by atoms with Gasteiger partial charge in [0.2, 0.25) is 0 Å². The van der Waals surface area contributed by atoms with E-state index >= 15 is 0 Å². The summed E-state index contributed by atoms with van der Waals surface area (Å²) in [5, 5.41) is 61.4. The fourth-order valence-electron chi connectivity index (χ4n) is 2.99. The van der Waals surface area contributed by atoms with Crippen LogP contribution in [-0.2, 0) is 28.4 Å². The molecule has 0 radical (unpaired) electrons. The zero-order valence-corrected chi connectivity index (χ0v) is 23.6. The highest BCUT2D eigenvalue weighted by atomic mass is 16.6. The number of rotatable bonds is 26. The third kappa shape index (κ3) is 20.3. The van der Waals surface area contributed by atoms with Crippen LogP contribution < -0.4 is 0 Å². The van der Waals surface area contributed by atoms with Crippen LogP contribution in [0, 0.1) is 0 Å². The van der Waals surface area contributed by atoms with Gasteiger partial charge in [0.1, 0.15) is 42.7 Å². The Hall–Kier alpha value is -1.26. The summed E-state index contributed by atoms with van der Waals surface area (Å²) in [5.74, 6) is 0. The number of aliphatic hydroxyl groups excluding tert-OH is 6. The number of hydrogen-bond donors (Lipinski definition) is 6. The Kier molecular flexibility index (Phi) is 21.7. The Morgan fingerprint density at radius 3 is 1.23 bits per heavy atom. The molecule has 0 saturated heterocycles. The maximum atomic E-state index is 10.8. The van der Waals surface area contributed by atoms with Crippen LogP contribution in [-0.4, -0.2) is 146 Å². The summed E-state index contributed by atoms with van der Waals surface area (Å²) >= 11 is 0. The third-order valence-corrected chi connectivity index (χ3v) is 4.87. The molecular formula is C27H50O12. The first-order valence-corrected chi connectivity index (χ1v) is 12.9. The van der Waals surface area contributed by atoms with Crippen LogP contribution in [0.1, 0.15) is 20.8 Å². The van der Waals surface area contributed by atoms with Gasteiger partial charge in [-0.1, -0.05) is 36.5 Å². The summed E-state index contributed by atoms with van der Waals surface area (Å²) < 4.78 is 32.3. The molecule has 7 atom stereocenters. The Morgan fingerprint density at radius 2 is 0.846 bits per heavy atom. The normalized spacial score (nSPS) is 17.2. The van der Waals surface area contributed by atoms with Crippen molar-refractivity contribution in [3.05, 3.63) is 36.5 Å². The predicted octanol–water partition coefficient (Wildman–Crippen LogP) is -0.652. The summed E-state index contributed by atoms with van der Waals surface area (Å²) in [6, 6.07) is 0. The van der Waals surface area contributed by atoms with E-state index in [4.69, 9.17) is 28.4 Å². The highest BCUT2D eigenvalue weighted by Gasteiger charge is 2.34. The Morgan fingerprint density at radius 1 is 0.513 bits per heavy atom.